The van der Waals surface area contributed by atoms with Crippen LogP contribution in [0.3, 0.4) is 0 Å². The van der Waals surface area contributed by atoms with Crippen molar-refractivity contribution < 1.29 is 4.79 Å². The number of hydrogen-bond donors (Lipinski definition) is 2. The Labute approximate surface area is 113 Å². The molecule has 1 unspecified atom stereocenters. The number of carbonyl (C=O) groups is 1. The van der Waals surface area contributed by atoms with E-state index in [2.05, 4.69) is 17.6 Å². The van der Waals surface area contributed by atoms with E-state index in [4.69, 9.17) is 11.6 Å². The average molecular weight is 270 g/mol. The van der Waals surface area contributed by atoms with Crippen LogP contribution in [-0.4, -0.2) is 38.1 Å². The maximum Gasteiger partial charge on any atom is 0.316 e. The van der Waals surface area contributed by atoms with Crippen molar-refractivity contribution in [2.75, 3.05) is 27.2 Å². The molecule has 5 heteroatoms. The molecule has 0 aromatic heterocycles. The molecule has 0 aliphatic carbocycles. The van der Waals surface area contributed by atoms with Crippen LogP contribution in [0.15, 0.2) is 24.3 Å². The molecule has 0 radical (unpaired) electrons. The van der Waals surface area contributed by atoms with E-state index >= 15 is 0 Å². The number of amides is 2. The van der Waals surface area contributed by atoms with Gasteiger partial charge >= 0.3 is 6.03 Å². The molecule has 100 valence electrons. The summed E-state index contributed by atoms with van der Waals surface area (Å²) in [5, 5.41) is 6.87. The number of halogens is 1. The lowest BCUT2D eigenvalue weighted by atomic mass is 10.1. The van der Waals surface area contributed by atoms with E-state index in [0.29, 0.717) is 13.1 Å². The summed E-state index contributed by atoms with van der Waals surface area (Å²) in [6, 6.07) is 7.84. The Morgan fingerprint density at radius 1 is 1.33 bits per heavy atom. The standard InChI is InChI=1S/C13H20ClN3O/c1-10(11-6-4-5-7-12(11)14)15-8-9-16-13(18)17(2)3/h4-7,10,15H,8-9H2,1-3H3,(H,16,18). The quantitative estimate of drug-likeness (QED) is 0.806. The van der Waals surface area contributed by atoms with Crippen molar-refractivity contribution in [3.05, 3.63) is 34.9 Å². The Morgan fingerprint density at radius 3 is 2.61 bits per heavy atom. The zero-order chi connectivity index (χ0) is 13.5. The molecule has 0 saturated carbocycles. The molecule has 18 heavy (non-hydrogen) atoms. The molecule has 2 amide bonds. The first kappa shape index (κ1) is 14.8. The molecule has 1 aromatic rings. The third-order valence-electron chi connectivity index (χ3n) is 2.63. The highest BCUT2D eigenvalue weighted by Gasteiger charge is 2.08. The number of rotatable bonds is 5. The van der Waals surface area contributed by atoms with E-state index in [1.165, 1.54) is 4.90 Å². The highest BCUT2D eigenvalue weighted by Crippen LogP contribution is 2.21. The Bertz CT molecular complexity index is 396. The Kier molecular flexibility index (Phi) is 5.95. The smallest absolute Gasteiger partial charge is 0.316 e. The minimum absolute atomic E-state index is 0.0813. The third kappa shape index (κ3) is 4.55. The van der Waals surface area contributed by atoms with Crippen molar-refractivity contribution in [3.63, 3.8) is 0 Å². The predicted molar refractivity (Wildman–Crippen MR) is 75.0 cm³/mol. The van der Waals surface area contributed by atoms with E-state index in [-0.39, 0.29) is 12.1 Å². The molecule has 1 atom stereocenters. The fourth-order valence-corrected chi connectivity index (χ4v) is 1.85. The lowest BCUT2D eigenvalue weighted by Crippen LogP contribution is -2.38. The van der Waals surface area contributed by atoms with Crippen LogP contribution in [0, 0.1) is 0 Å². The topological polar surface area (TPSA) is 44.4 Å². The molecule has 0 saturated heterocycles. The van der Waals surface area contributed by atoms with Crippen molar-refractivity contribution in [3.8, 4) is 0 Å². The van der Waals surface area contributed by atoms with Gasteiger partial charge in [-0.1, -0.05) is 29.8 Å². The van der Waals surface area contributed by atoms with Gasteiger partial charge in [0.25, 0.3) is 0 Å². The molecule has 0 bridgehead atoms. The maximum absolute atomic E-state index is 11.3. The summed E-state index contributed by atoms with van der Waals surface area (Å²) in [5.74, 6) is 0. The summed E-state index contributed by atoms with van der Waals surface area (Å²) in [6.45, 7) is 3.34. The van der Waals surface area contributed by atoms with Gasteiger partial charge in [0.05, 0.1) is 0 Å². The summed E-state index contributed by atoms with van der Waals surface area (Å²) < 4.78 is 0. The van der Waals surface area contributed by atoms with Crippen molar-refractivity contribution in [2.24, 2.45) is 0 Å². The van der Waals surface area contributed by atoms with Crippen LogP contribution < -0.4 is 10.6 Å². The lowest BCUT2D eigenvalue weighted by molar-refractivity contribution is 0.217. The monoisotopic (exact) mass is 269 g/mol. The van der Waals surface area contributed by atoms with Crippen molar-refractivity contribution in [1.82, 2.24) is 15.5 Å². The highest BCUT2D eigenvalue weighted by atomic mass is 35.5. The zero-order valence-electron chi connectivity index (χ0n) is 11.0. The first-order valence-electron chi connectivity index (χ1n) is 5.95. The van der Waals surface area contributed by atoms with Crippen LogP contribution in [0.2, 0.25) is 5.02 Å². The molecule has 0 aliphatic rings. The second kappa shape index (κ2) is 7.24. The van der Waals surface area contributed by atoms with E-state index in [1.807, 2.05) is 24.3 Å². The molecule has 2 N–H and O–H groups in total. The minimum atomic E-state index is -0.0813. The van der Waals surface area contributed by atoms with Gasteiger partial charge < -0.3 is 15.5 Å². The molecule has 4 nitrogen and oxygen atoms in total. The summed E-state index contributed by atoms with van der Waals surface area (Å²) in [7, 11) is 3.43. The Hall–Kier alpha value is -1.26. The maximum atomic E-state index is 11.3. The van der Waals surface area contributed by atoms with Gasteiger partial charge in [-0.25, -0.2) is 4.79 Å². The van der Waals surface area contributed by atoms with Gasteiger partial charge in [0, 0.05) is 38.2 Å². The summed E-state index contributed by atoms with van der Waals surface area (Å²) in [6.07, 6.45) is 0. The Morgan fingerprint density at radius 2 is 2.00 bits per heavy atom. The van der Waals surface area contributed by atoms with Gasteiger partial charge in [0.2, 0.25) is 0 Å². The number of hydrogen-bond acceptors (Lipinski definition) is 2. The van der Waals surface area contributed by atoms with Gasteiger partial charge in [-0.2, -0.15) is 0 Å². The Balaban J connectivity index is 2.32. The van der Waals surface area contributed by atoms with Crippen LogP contribution in [-0.2, 0) is 0 Å². The average Bonchev–Trinajstić information content (AvgIpc) is 2.34. The third-order valence-corrected chi connectivity index (χ3v) is 2.97. The molecule has 0 spiro atoms. The number of nitrogens with one attached hydrogen (secondary N) is 2. The molecule has 1 rings (SSSR count). The molecule has 0 heterocycles. The highest BCUT2D eigenvalue weighted by molar-refractivity contribution is 6.31. The van der Waals surface area contributed by atoms with Gasteiger partial charge in [-0.3, -0.25) is 0 Å². The van der Waals surface area contributed by atoms with E-state index in [0.717, 1.165) is 10.6 Å². The van der Waals surface area contributed by atoms with Crippen molar-refractivity contribution in [2.45, 2.75) is 13.0 Å². The van der Waals surface area contributed by atoms with E-state index in [1.54, 1.807) is 14.1 Å². The van der Waals surface area contributed by atoms with E-state index < -0.39 is 0 Å². The molecule has 0 aliphatic heterocycles. The first-order chi connectivity index (χ1) is 8.52. The number of nitrogens with zero attached hydrogens (tertiary/aromatic N) is 1. The second-order valence-corrected chi connectivity index (χ2v) is 4.73. The summed E-state index contributed by atoms with van der Waals surface area (Å²) in [5.41, 5.74) is 1.07. The molecular weight excluding hydrogens is 250 g/mol. The second-order valence-electron chi connectivity index (χ2n) is 4.32. The number of benzene rings is 1. The fraction of sp³-hybridized carbons (Fsp3) is 0.462. The first-order valence-corrected chi connectivity index (χ1v) is 6.33. The zero-order valence-corrected chi connectivity index (χ0v) is 11.8. The number of carbonyl (C=O) groups excluding carboxylic acids is 1. The summed E-state index contributed by atoms with van der Waals surface area (Å²) in [4.78, 5) is 12.8. The van der Waals surface area contributed by atoms with Crippen LogP contribution >= 0.6 is 11.6 Å². The predicted octanol–water partition coefficient (Wildman–Crippen LogP) is 2.26. The van der Waals surface area contributed by atoms with Gasteiger partial charge in [-0.15, -0.1) is 0 Å². The molecule has 0 fully saturated rings. The van der Waals surface area contributed by atoms with Gasteiger partial charge in [0.1, 0.15) is 0 Å². The van der Waals surface area contributed by atoms with E-state index in [9.17, 15) is 4.79 Å². The van der Waals surface area contributed by atoms with Crippen molar-refractivity contribution >= 4 is 17.6 Å². The van der Waals surface area contributed by atoms with Crippen LogP contribution in [0.5, 0.6) is 0 Å². The fourth-order valence-electron chi connectivity index (χ4n) is 1.55. The molecular formula is C13H20ClN3O. The van der Waals surface area contributed by atoms with Crippen LogP contribution in [0.4, 0.5) is 4.79 Å². The largest absolute Gasteiger partial charge is 0.337 e. The number of urea groups is 1. The lowest BCUT2D eigenvalue weighted by Gasteiger charge is -2.17. The normalized spacial score (nSPS) is 12.0. The molecule has 1 aromatic carbocycles. The van der Waals surface area contributed by atoms with Gasteiger partial charge in [-0.05, 0) is 18.6 Å². The van der Waals surface area contributed by atoms with Crippen LogP contribution in [0.1, 0.15) is 18.5 Å². The van der Waals surface area contributed by atoms with Crippen molar-refractivity contribution in [1.29, 1.82) is 0 Å². The van der Waals surface area contributed by atoms with Crippen LogP contribution in [0.25, 0.3) is 0 Å². The minimum Gasteiger partial charge on any atom is -0.337 e. The van der Waals surface area contributed by atoms with Gasteiger partial charge in [0.15, 0.2) is 0 Å². The summed E-state index contributed by atoms with van der Waals surface area (Å²) >= 11 is 6.11. The SMILES string of the molecule is CC(NCCNC(=O)N(C)C)c1ccccc1Cl.